The van der Waals surface area contributed by atoms with E-state index >= 15 is 0 Å². The molecular formula is C16H14N2O3. The van der Waals surface area contributed by atoms with Crippen molar-refractivity contribution in [1.82, 2.24) is 4.57 Å². The van der Waals surface area contributed by atoms with Gasteiger partial charge in [-0.1, -0.05) is 6.07 Å². The predicted octanol–water partition coefficient (Wildman–Crippen LogP) is 2.97. The summed E-state index contributed by atoms with van der Waals surface area (Å²) in [6.07, 6.45) is 1.48. The van der Waals surface area contributed by atoms with Crippen LogP contribution in [0.15, 0.2) is 18.2 Å². The lowest BCUT2D eigenvalue weighted by Gasteiger charge is -2.11. The van der Waals surface area contributed by atoms with Crippen molar-refractivity contribution in [2.24, 2.45) is 0 Å². The number of aromatic nitrogens is 1. The van der Waals surface area contributed by atoms with Gasteiger partial charge in [0.05, 0.1) is 40.7 Å². The van der Waals surface area contributed by atoms with E-state index in [4.69, 9.17) is 10.00 Å². The molecule has 5 heteroatoms. The molecule has 0 radical (unpaired) electrons. The molecule has 5 nitrogen and oxygen atoms in total. The van der Waals surface area contributed by atoms with Gasteiger partial charge < -0.3 is 14.9 Å². The molecule has 2 bridgehead atoms. The molecule has 0 saturated carbocycles. The van der Waals surface area contributed by atoms with E-state index in [0.717, 1.165) is 18.4 Å². The first-order valence-corrected chi connectivity index (χ1v) is 6.94. The highest BCUT2D eigenvalue weighted by Gasteiger charge is 2.45. The van der Waals surface area contributed by atoms with E-state index in [9.17, 15) is 10.2 Å². The second-order valence-electron chi connectivity index (χ2n) is 5.61. The Morgan fingerprint density at radius 3 is 2.38 bits per heavy atom. The monoisotopic (exact) mass is 282 g/mol. The van der Waals surface area contributed by atoms with Gasteiger partial charge in [0.1, 0.15) is 0 Å². The van der Waals surface area contributed by atoms with E-state index in [1.165, 1.54) is 4.57 Å². The van der Waals surface area contributed by atoms with Gasteiger partial charge >= 0.3 is 0 Å². The standard InChI is InChI=1S/C16H14N2O3/c1-8-2-3-10(6-9(8)7-17)18-15(19)13-11-4-5-12(21-11)14(13)16(18)20/h2-3,6,11-12,19-20H,4-5H2,1H3/t11-,12+. The Kier molecular flexibility index (Phi) is 2.36. The third-order valence-corrected chi connectivity index (χ3v) is 4.46. The lowest BCUT2D eigenvalue weighted by molar-refractivity contribution is 0.0683. The molecule has 21 heavy (non-hydrogen) atoms. The molecule has 0 unspecified atom stereocenters. The van der Waals surface area contributed by atoms with Crippen LogP contribution in [0.1, 0.15) is 47.3 Å². The molecule has 0 spiro atoms. The van der Waals surface area contributed by atoms with Crippen LogP contribution in [0.3, 0.4) is 0 Å². The van der Waals surface area contributed by atoms with E-state index in [2.05, 4.69) is 6.07 Å². The molecule has 2 N–H and O–H groups in total. The van der Waals surface area contributed by atoms with Crippen LogP contribution in [0.4, 0.5) is 0 Å². The number of ether oxygens (including phenoxy) is 1. The Balaban J connectivity index is 1.94. The maximum Gasteiger partial charge on any atom is 0.205 e. The van der Waals surface area contributed by atoms with Gasteiger partial charge in [-0.05, 0) is 37.5 Å². The van der Waals surface area contributed by atoms with E-state index in [1.54, 1.807) is 12.1 Å². The maximum absolute atomic E-state index is 10.5. The van der Waals surface area contributed by atoms with Gasteiger partial charge in [0, 0.05) is 0 Å². The molecule has 106 valence electrons. The quantitative estimate of drug-likeness (QED) is 0.842. The highest BCUT2D eigenvalue weighted by Crippen LogP contribution is 2.58. The van der Waals surface area contributed by atoms with Crippen LogP contribution in [0.2, 0.25) is 0 Å². The van der Waals surface area contributed by atoms with E-state index in [0.29, 0.717) is 22.4 Å². The summed E-state index contributed by atoms with van der Waals surface area (Å²) in [5.74, 6) is 0.0323. The molecule has 0 amide bonds. The SMILES string of the molecule is Cc1ccc(-n2c(O)c3c(c2O)[C@H]2CC[C@@H]3O2)cc1C#N. The average Bonchev–Trinajstić information content (AvgIpc) is 3.14. The van der Waals surface area contributed by atoms with Gasteiger partial charge in [0.25, 0.3) is 0 Å². The summed E-state index contributed by atoms with van der Waals surface area (Å²) in [4.78, 5) is 0. The first kappa shape index (κ1) is 12.3. The molecule has 2 aliphatic heterocycles. The summed E-state index contributed by atoms with van der Waals surface area (Å²) in [6, 6.07) is 7.39. The number of aromatic hydroxyl groups is 2. The first-order valence-electron chi connectivity index (χ1n) is 6.94. The Hall–Kier alpha value is -2.45. The Bertz CT molecular complexity index is 767. The fourth-order valence-electron chi connectivity index (χ4n) is 3.39. The van der Waals surface area contributed by atoms with Crippen molar-refractivity contribution in [3.63, 3.8) is 0 Å². The second kappa shape index (κ2) is 4.03. The third-order valence-electron chi connectivity index (χ3n) is 4.46. The summed E-state index contributed by atoms with van der Waals surface area (Å²) in [5.41, 5.74) is 3.37. The van der Waals surface area contributed by atoms with Crippen molar-refractivity contribution in [2.75, 3.05) is 0 Å². The van der Waals surface area contributed by atoms with Crippen molar-refractivity contribution in [3.05, 3.63) is 40.5 Å². The van der Waals surface area contributed by atoms with Crippen molar-refractivity contribution in [1.29, 1.82) is 5.26 Å². The van der Waals surface area contributed by atoms with Crippen LogP contribution < -0.4 is 0 Å². The summed E-state index contributed by atoms with van der Waals surface area (Å²) >= 11 is 0. The number of fused-ring (bicyclic) bond motifs is 5. The van der Waals surface area contributed by atoms with E-state index < -0.39 is 0 Å². The topological polar surface area (TPSA) is 78.4 Å². The smallest absolute Gasteiger partial charge is 0.205 e. The zero-order valence-electron chi connectivity index (χ0n) is 11.5. The van der Waals surface area contributed by atoms with Crippen LogP contribution in [-0.4, -0.2) is 14.8 Å². The van der Waals surface area contributed by atoms with Gasteiger partial charge in [0.15, 0.2) is 0 Å². The minimum Gasteiger partial charge on any atom is -0.494 e. The number of aryl methyl sites for hydroxylation is 1. The summed E-state index contributed by atoms with van der Waals surface area (Å²) in [7, 11) is 0. The minimum atomic E-state index is -0.127. The molecule has 4 rings (SSSR count). The highest BCUT2D eigenvalue weighted by molar-refractivity contribution is 5.58. The van der Waals surface area contributed by atoms with Crippen molar-refractivity contribution in [2.45, 2.75) is 32.0 Å². The number of hydrogen-bond donors (Lipinski definition) is 2. The van der Waals surface area contributed by atoms with Crippen molar-refractivity contribution in [3.8, 4) is 23.5 Å². The van der Waals surface area contributed by atoms with Crippen molar-refractivity contribution < 1.29 is 14.9 Å². The first-order chi connectivity index (χ1) is 10.1. The molecular weight excluding hydrogens is 268 g/mol. The molecule has 1 aromatic carbocycles. The summed E-state index contributed by atoms with van der Waals surface area (Å²) in [6.45, 7) is 1.85. The molecule has 3 heterocycles. The normalized spacial score (nSPS) is 22.3. The summed E-state index contributed by atoms with van der Waals surface area (Å²) < 4.78 is 7.12. The Morgan fingerprint density at radius 1 is 1.19 bits per heavy atom. The average molecular weight is 282 g/mol. The number of benzene rings is 1. The number of hydrogen-bond acceptors (Lipinski definition) is 4. The molecule has 2 aromatic rings. The number of nitrogens with zero attached hydrogens (tertiary/aromatic N) is 2. The van der Waals surface area contributed by atoms with Crippen molar-refractivity contribution >= 4 is 0 Å². The van der Waals surface area contributed by atoms with Crippen LogP contribution >= 0.6 is 0 Å². The summed E-state index contributed by atoms with van der Waals surface area (Å²) in [5, 5.41) is 30.1. The fraction of sp³-hybridized carbons (Fsp3) is 0.312. The van der Waals surface area contributed by atoms with Crippen LogP contribution in [0.25, 0.3) is 5.69 Å². The van der Waals surface area contributed by atoms with Crippen LogP contribution in [0, 0.1) is 18.3 Å². The van der Waals surface area contributed by atoms with Gasteiger partial charge in [0.2, 0.25) is 11.8 Å². The zero-order chi connectivity index (χ0) is 14.7. The molecule has 1 aromatic heterocycles. The second-order valence-corrected chi connectivity index (χ2v) is 5.61. The van der Waals surface area contributed by atoms with Gasteiger partial charge in [-0.2, -0.15) is 5.26 Å². The molecule has 1 fully saturated rings. The molecule has 2 atom stereocenters. The van der Waals surface area contributed by atoms with Crippen LogP contribution in [0.5, 0.6) is 11.8 Å². The van der Waals surface area contributed by atoms with Crippen LogP contribution in [-0.2, 0) is 4.74 Å². The molecule has 1 saturated heterocycles. The Morgan fingerprint density at radius 2 is 1.81 bits per heavy atom. The Labute approximate surface area is 121 Å². The number of rotatable bonds is 1. The zero-order valence-corrected chi connectivity index (χ0v) is 11.5. The lowest BCUT2D eigenvalue weighted by Crippen LogP contribution is -1.97. The highest BCUT2D eigenvalue weighted by atomic mass is 16.5. The predicted molar refractivity (Wildman–Crippen MR) is 74.4 cm³/mol. The van der Waals surface area contributed by atoms with Gasteiger partial charge in [-0.15, -0.1) is 0 Å². The third kappa shape index (κ3) is 1.48. The van der Waals surface area contributed by atoms with E-state index in [1.807, 2.05) is 13.0 Å². The fourth-order valence-corrected chi connectivity index (χ4v) is 3.39. The maximum atomic E-state index is 10.5. The van der Waals surface area contributed by atoms with E-state index in [-0.39, 0.29) is 24.0 Å². The number of nitriles is 1. The van der Waals surface area contributed by atoms with Gasteiger partial charge in [-0.3, -0.25) is 4.57 Å². The molecule has 0 aliphatic carbocycles. The van der Waals surface area contributed by atoms with Gasteiger partial charge in [-0.25, -0.2) is 0 Å². The largest absolute Gasteiger partial charge is 0.494 e. The lowest BCUT2D eigenvalue weighted by atomic mass is 9.95. The minimum absolute atomic E-state index is 0.0162. The molecule has 2 aliphatic rings.